The second-order valence-electron chi connectivity index (χ2n) is 8.52. The Balaban J connectivity index is 1.63. The van der Waals surface area contributed by atoms with Crippen molar-refractivity contribution < 1.29 is 27.3 Å². The fourth-order valence-corrected chi connectivity index (χ4v) is 4.87. The monoisotopic (exact) mass is 456 g/mol. The predicted octanol–water partition coefficient (Wildman–Crippen LogP) is 4.97. The van der Waals surface area contributed by atoms with Crippen molar-refractivity contribution in [2.24, 2.45) is 0 Å². The van der Waals surface area contributed by atoms with Gasteiger partial charge in [0.2, 0.25) is 0 Å². The number of hydrogen-bond acceptors (Lipinski definition) is 3. The van der Waals surface area contributed by atoms with Crippen molar-refractivity contribution in [3.63, 3.8) is 0 Å². The van der Waals surface area contributed by atoms with E-state index in [1.807, 2.05) is 57.2 Å². The molecule has 33 heavy (non-hydrogen) atoms. The number of rotatable bonds is 9. The third-order valence-electron chi connectivity index (χ3n) is 6.15. The van der Waals surface area contributed by atoms with Crippen molar-refractivity contribution in [1.29, 1.82) is 0 Å². The van der Waals surface area contributed by atoms with Crippen molar-refractivity contribution in [3.05, 3.63) is 70.2 Å². The molecule has 0 bridgehead atoms. The Hall–Kier alpha value is -2.71. The minimum atomic E-state index is -3.96. The normalized spacial score (nSPS) is 16.8. The first-order chi connectivity index (χ1) is 15.8. The van der Waals surface area contributed by atoms with Gasteiger partial charge >= 0.3 is 6.97 Å². The highest BCUT2D eigenvalue weighted by Gasteiger charge is 2.55. The predicted molar refractivity (Wildman–Crippen MR) is 127 cm³/mol. The Labute approximate surface area is 194 Å². The van der Waals surface area contributed by atoms with Crippen molar-refractivity contribution in [2.45, 2.75) is 34.6 Å². The Morgan fingerprint density at radius 1 is 0.939 bits per heavy atom. The van der Waals surface area contributed by atoms with Crippen molar-refractivity contribution in [2.75, 3.05) is 33.0 Å². The number of fused-ring (bicyclic) bond motifs is 2. The second kappa shape index (κ2) is 9.27. The van der Waals surface area contributed by atoms with Crippen molar-refractivity contribution >= 4 is 18.3 Å². The molecule has 0 unspecified atom stereocenters. The number of aryl methyl sites for hydroxylation is 2. The zero-order valence-corrected chi connectivity index (χ0v) is 20.0. The van der Waals surface area contributed by atoms with Crippen LogP contribution in [0.4, 0.5) is 8.63 Å². The molecule has 2 aliphatic heterocycles. The first-order valence-corrected chi connectivity index (χ1v) is 11.4. The van der Waals surface area contributed by atoms with Gasteiger partial charge in [-0.1, -0.05) is 12.1 Å². The van der Waals surface area contributed by atoms with E-state index in [9.17, 15) is 0 Å². The molecule has 0 saturated carbocycles. The summed E-state index contributed by atoms with van der Waals surface area (Å²) in [7, 11) is 0. The molecule has 0 aliphatic carbocycles. The molecule has 0 N–H and O–H groups in total. The van der Waals surface area contributed by atoms with Crippen LogP contribution >= 0.6 is 0 Å². The molecule has 3 heterocycles. The fraction of sp³-hybridized carbons (Fsp3) is 0.400. The SMILES string of the molecule is CCOCCOCCOc1ccc(C2=C3C(C)=CC(C)=[N+]3[B-](F)(F)n3c(C)cc(C)c32)cc1. The van der Waals surface area contributed by atoms with Crippen LogP contribution in [0.2, 0.25) is 0 Å². The lowest BCUT2D eigenvalue weighted by Crippen LogP contribution is -2.51. The molecule has 2 aromatic rings. The summed E-state index contributed by atoms with van der Waals surface area (Å²) in [4.78, 5) is 0. The largest absolute Gasteiger partial charge is 0.737 e. The van der Waals surface area contributed by atoms with Crippen LogP contribution in [0.5, 0.6) is 5.75 Å². The highest BCUT2D eigenvalue weighted by molar-refractivity contribution is 6.58. The summed E-state index contributed by atoms with van der Waals surface area (Å²) < 4.78 is 50.3. The third kappa shape index (κ3) is 4.18. The molecule has 0 spiro atoms. The van der Waals surface area contributed by atoms with E-state index in [0.29, 0.717) is 61.6 Å². The molecular formula is C25H31BF2N2O3. The Kier molecular flexibility index (Phi) is 6.59. The van der Waals surface area contributed by atoms with Gasteiger partial charge in [0.15, 0.2) is 5.70 Å². The average molecular weight is 456 g/mol. The van der Waals surface area contributed by atoms with Gasteiger partial charge in [0.05, 0.1) is 25.4 Å². The van der Waals surface area contributed by atoms with E-state index in [1.165, 1.54) is 8.96 Å². The smallest absolute Gasteiger partial charge is 0.491 e. The van der Waals surface area contributed by atoms with Crippen LogP contribution in [0.15, 0.2) is 47.7 Å². The summed E-state index contributed by atoms with van der Waals surface area (Å²) in [6, 6.07) is 9.48. The molecule has 8 heteroatoms. The summed E-state index contributed by atoms with van der Waals surface area (Å²) in [5.74, 6) is 0.713. The van der Waals surface area contributed by atoms with Gasteiger partial charge in [-0.3, -0.25) is 0 Å². The molecule has 2 aliphatic rings. The number of ether oxygens (including phenoxy) is 3. The Bertz CT molecular complexity index is 1150. The summed E-state index contributed by atoms with van der Waals surface area (Å²) in [6.07, 6.45) is 1.84. The highest BCUT2D eigenvalue weighted by atomic mass is 19.2. The summed E-state index contributed by atoms with van der Waals surface area (Å²) >= 11 is 0. The zero-order valence-electron chi connectivity index (χ0n) is 20.0. The lowest BCUT2D eigenvalue weighted by molar-refractivity contribution is -0.363. The molecular weight excluding hydrogens is 425 g/mol. The average Bonchev–Trinajstić information content (AvgIpc) is 3.24. The molecule has 5 nitrogen and oxygen atoms in total. The molecule has 0 fully saturated rings. The first kappa shape index (κ1) is 23.5. The minimum absolute atomic E-state index is 0.430. The Morgan fingerprint density at radius 2 is 1.61 bits per heavy atom. The summed E-state index contributed by atoms with van der Waals surface area (Å²) in [5.41, 5.74) is 5.69. The van der Waals surface area contributed by atoms with E-state index < -0.39 is 6.97 Å². The third-order valence-corrected chi connectivity index (χ3v) is 6.15. The Morgan fingerprint density at radius 3 is 2.30 bits per heavy atom. The van der Waals surface area contributed by atoms with Crippen molar-refractivity contribution in [1.82, 2.24) is 4.48 Å². The van der Waals surface area contributed by atoms with Crippen LogP contribution in [0.3, 0.4) is 0 Å². The lowest BCUT2D eigenvalue weighted by Gasteiger charge is -2.34. The van der Waals surface area contributed by atoms with E-state index in [4.69, 9.17) is 14.2 Å². The maximum absolute atomic E-state index is 15.7. The van der Waals surface area contributed by atoms with Crippen molar-refractivity contribution in [3.8, 4) is 5.75 Å². The van der Waals surface area contributed by atoms with E-state index in [0.717, 1.165) is 22.3 Å². The number of allylic oxidation sites excluding steroid dienone is 2. The maximum Gasteiger partial charge on any atom is 0.737 e. The van der Waals surface area contributed by atoms with Gasteiger partial charge in [-0.2, -0.15) is 0 Å². The van der Waals surface area contributed by atoms with Crippen LogP contribution < -0.4 is 4.74 Å². The minimum Gasteiger partial charge on any atom is -0.491 e. The molecule has 176 valence electrons. The number of halogens is 2. The van der Waals surface area contributed by atoms with Gasteiger partial charge < -0.3 is 31.8 Å². The van der Waals surface area contributed by atoms with Crippen LogP contribution in [0.1, 0.15) is 43.3 Å². The van der Waals surface area contributed by atoms with Gasteiger partial charge in [0.1, 0.15) is 18.1 Å². The van der Waals surface area contributed by atoms with E-state index in [-0.39, 0.29) is 0 Å². The van der Waals surface area contributed by atoms with Crippen LogP contribution in [0.25, 0.3) is 5.57 Å². The first-order valence-electron chi connectivity index (χ1n) is 11.4. The van der Waals surface area contributed by atoms with Gasteiger partial charge in [-0.15, -0.1) is 0 Å². The van der Waals surface area contributed by atoms with Crippen LogP contribution in [-0.2, 0) is 9.47 Å². The molecule has 4 rings (SSSR count). The molecule has 1 aromatic carbocycles. The van der Waals surface area contributed by atoms with Gasteiger partial charge in [-0.05, 0) is 62.7 Å². The molecule has 0 amide bonds. The number of benzene rings is 1. The molecule has 0 atom stereocenters. The van der Waals surface area contributed by atoms with Gasteiger partial charge in [0, 0.05) is 30.9 Å². The fourth-order valence-electron chi connectivity index (χ4n) is 4.87. The topological polar surface area (TPSA) is 35.6 Å². The van der Waals surface area contributed by atoms with E-state index >= 15 is 8.63 Å². The molecule has 1 aromatic heterocycles. The lowest BCUT2D eigenvalue weighted by atomic mass is 9.84. The number of aromatic nitrogens is 1. The molecule has 0 saturated heterocycles. The number of nitrogens with zero attached hydrogens (tertiary/aromatic N) is 2. The van der Waals surface area contributed by atoms with E-state index in [2.05, 4.69) is 0 Å². The van der Waals surface area contributed by atoms with Gasteiger partial charge in [0.25, 0.3) is 0 Å². The summed E-state index contributed by atoms with van der Waals surface area (Å²) in [5, 5.41) is 0. The van der Waals surface area contributed by atoms with Crippen LogP contribution in [0, 0.1) is 13.8 Å². The standard InChI is InChI=1S/C25H31BF2N2O3/c1-6-31-11-12-32-13-14-33-22-9-7-21(8-10-22)23-24-17(2)15-19(4)29(24)26(27,28)30-20(5)16-18(3)25(23)30/h7-10,15-16H,6,11-14H2,1-5H3. The zero-order chi connectivity index (χ0) is 23.8. The number of hydrogen-bond donors (Lipinski definition) is 0. The second-order valence-corrected chi connectivity index (χ2v) is 8.52. The van der Waals surface area contributed by atoms with E-state index in [1.54, 1.807) is 13.8 Å². The molecule has 0 radical (unpaired) electrons. The quantitative estimate of drug-likeness (QED) is 0.395. The van der Waals surface area contributed by atoms with Gasteiger partial charge in [-0.25, -0.2) is 0 Å². The maximum atomic E-state index is 15.7. The highest BCUT2D eigenvalue weighted by Crippen LogP contribution is 2.44. The van der Waals surface area contributed by atoms with Crippen LogP contribution in [-0.4, -0.2) is 54.7 Å². The summed E-state index contributed by atoms with van der Waals surface area (Å²) in [6.45, 7) is 7.96.